The van der Waals surface area contributed by atoms with Crippen molar-refractivity contribution in [2.24, 2.45) is 5.10 Å². The third kappa shape index (κ3) is 3.67. The molecule has 1 aromatic heterocycles. The average Bonchev–Trinajstić information content (AvgIpc) is 2.75. The molecule has 2 aromatic rings. The van der Waals surface area contributed by atoms with Crippen LogP contribution in [0.15, 0.2) is 41.6 Å². The first-order valence-electron chi connectivity index (χ1n) is 5.74. The van der Waals surface area contributed by atoms with Gasteiger partial charge in [-0.1, -0.05) is 12.1 Å². The number of rotatable bonds is 4. The van der Waals surface area contributed by atoms with Crippen LogP contribution in [0, 0.1) is 6.92 Å². The molecule has 6 nitrogen and oxygen atoms in total. The molecular weight excluding hydrogens is 244 g/mol. The van der Waals surface area contributed by atoms with Crippen LogP contribution in [0.2, 0.25) is 0 Å². The van der Waals surface area contributed by atoms with E-state index in [0.29, 0.717) is 5.56 Å². The lowest BCUT2D eigenvalue weighted by Crippen LogP contribution is -2.24. The predicted molar refractivity (Wildman–Crippen MR) is 70.8 cm³/mol. The summed E-state index contributed by atoms with van der Waals surface area (Å²) in [5.41, 5.74) is 4.02. The first-order chi connectivity index (χ1) is 9.15. The van der Waals surface area contributed by atoms with Gasteiger partial charge in [0.2, 0.25) is 0 Å². The normalized spacial score (nSPS) is 10.8. The first kappa shape index (κ1) is 12.8. The lowest BCUT2D eigenvalue weighted by atomic mass is 10.2. The highest BCUT2D eigenvalue weighted by Gasteiger charge is 2.03. The van der Waals surface area contributed by atoms with Gasteiger partial charge in [-0.25, -0.2) is 5.43 Å². The van der Waals surface area contributed by atoms with E-state index in [1.54, 1.807) is 35.1 Å². The van der Waals surface area contributed by atoms with Crippen molar-refractivity contribution in [1.82, 2.24) is 15.2 Å². The van der Waals surface area contributed by atoms with Crippen molar-refractivity contribution < 1.29 is 9.90 Å². The second-order valence-electron chi connectivity index (χ2n) is 4.02. The summed E-state index contributed by atoms with van der Waals surface area (Å²) in [6.07, 6.45) is 3.10. The Morgan fingerprint density at radius 2 is 2.37 bits per heavy atom. The topological polar surface area (TPSA) is 79.5 Å². The van der Waals surface area contributed by atoms with Gasteiger partial charge in [0.1, 0.15) is 12.3 Å². The Balaban J connectivity index is 1.88. The third-order valence-corrected chi connectivity index (χ3v) is 2.50. The molecule has 1 aromatic carbocycles. The van der Waals surface area contributed by atoms with Crippen molar-refractivity contribution >= 4 is 12.1 Å². The van der Waals surface area contributed by atoms with Gasteiger partial charge in [0.05, 0.1) is 6.21 Å². The minimum Gasteiger partial charge on any atom is -0.508 e. The van der Waals surface area contributed by atoms with Crippen molar-refractivity contribution in [2.75, 3.05) is 0 Å². The summed E-state index contributed by atoms with van der Waals surface area (Å²) in [7, 11) is 0. The molecule has 0 saturated heterocycles. The molecule has 0 spiro atoms. The lowest BCUT2D eigenvalue weighted by Gasteiger charge is -2.02. The number of hydrazone groups is 1. The fourth-order valence-corrected chi connectivity index (χ4v) is 1.52. The Kier molecular flexibility index (Phi) is 3.92. The van der Waals surface area contributed by atoms with E-state index in [0.717, 1.165) is 5.69 Å². The van der Waals surface area contributed by atoms with Gasteiger partial charge in [0.15, 0.2) is 0 Å². The SMILES string of the molecule is Cc1ccnn1CC(=O)N/N=C/c1cccc(O)c1. The summed E-state index contributed by atoms with van der Waals surface area (Å²) in [6, 6.07) is 8.41. The zero-order valence-electron chi connectivity index (χ0n) is 10.4. The van der Waals surface area contributed by atoms with Gasteiger partial charge in [-0.3, -0.25) is 9.48 Å². The van der Waals surface area contributed by atoms with Crippen LogP contribution < -0.4 is 5.43 Å². The van der Waals surface area contributed by atoms with Crippen molar-refractivity contribution in [3.63, 3.8) is 0 Å². The lowest BCUT2D eigenvalue weighted by molar-refractivity contribution is -0.121. The van der Waals surface area contributed by atoms with Crippen LogP contribution in [0.5, 0.6) is 5.75 Å². The number of aryl methyl sites for hydroxylation is 1. The van der Waals surface area contributed by atoms with E-state index in [4.69, 9.17) is 0 Å². The van der Waals surface area contributed by atoms with Gasteiger partial charge in [-0.15, -0.1) is 0 Å². The van der Waals surface area contributed by atoms with E-state index in [-0.39, 0.29) is 18.2 Å². The zero-order chi connectivity index (χ0) is 13.7. The van der Waals surface area contributed by atoms with Crippen LogP contribution in [0.3, 0.4) is 0 Å². The molecule has 1 amide bonds. The molecule has 0 bridgehead atoms. The average molecular weight is 258 g/mol. The molecule has 6 heteroatoms. The third-order valence-electron chi connectivity index (χ3n) is 2.50. The molecule has 2 N–H and O–H groups in total. The Morgan fingerprint density at radius 1 is 1.53 bits per heavy atom. The molecule has 1 heterocycles. The van der Waals surface area contributed by atoms with Crippen molar-refractivity contribution in [2.45, 2.75) is 13.5 Å². The number of hydrogen-bond donors (Lipinski definition) is 2. The summed E-state index contributed by atoms with van der Waals surface area (Å²) >= 11 is 0. The van der Waals surface area contributed by atoms with Crippen LogP contribution in [0.1, 0.15) is 11.3 Å². The highest BCUT2D eigenvalue weighted by molar-refractivity contribution is 5.82. The number of aromatic nitrogens is 2. The standard InChI is InChI=1S/C13H14N4O2/c1-10-5-6-15-17(10)9-13(19)16-14-8-11-3-2-4-12(18)7-11/h2-8,18H,9H2,1H3,(H,16,19)/b14-8+. The summed E-state index contributed by atoms with van der Waals surface area (Å²) in [5, 5.41) is 17.1. The van der Waals surface area contributed by atoms with Gasteiger partial charge < -0.3 is 5.11 Å². The maximum atomic E-state index is 11.6. The van der Waals surface area contributed by atoms with Crippen LogP contribution in [0.4, 0.5) is 0 Å². The number of nitrogens with one attached hydrogen (secondary N) is 1. The van der Waals surface area contributed by atoms with Crippen LogP contribution in [-0.4, -0.2) is 27.0 Å². The van der Waals surface area contributed by atoms with E-state index in [1.165, 1.54) is 6.21 Å². The second kappa shape index (κ2) is 5.81. The summed E-state index contributed by atoms with van der Waals surface area (Å²) in [5.74, 6) is -0.106. The Morgan fingerprint density at radius 3 is 3.05 bits per heavy atom. The van der Waals surface area contributed by atoms with Crippen LogP contribution in [0.25, 0.3) is 0 Å². The molecule has 0 aliphatic rings. The van der Waals surface area contributed by atoms with Crippen LogP contribution >= 0.6 is 0 Å². The van der Waals surface area contributed by atoms with Gasteiger partial charge in [-0.2, -0.15) is 10.2 Å². The quantitative estimate of drug-likeness (QED) is 0.635. The molecular formula is C13H14N4O2. The largest absolute Gasteiger partial charge is 0.508 e. The highest BCUT2D eigenvalue weighted by Crippen LogP contribution is 2.08. The minimum absolute atomic E-state index is 0.121. The van der Waals surface area contributed by atoms with E-state index in [2.05, 4.69) is 15.6 Å². The van der Waals surface area contributed by atoms with Crippen LogP contribution in [-0.2, 0) is 11.3 Å². The molecule has 0 fully saturated rings. The molecule has 19 heavy (non-hydrogen) atoms. The molecule has 0 radical (unpaired) electrons. The predicted octanol–water partition coefficient (Wildman–Crippen LogP) is 1.05. The van der Waals surface area contributed by atoms with Gasteiger partial charge >= 0.3 is 0 Å². The molecule has 2 rings (SSSR count). The zero-order valence-corrected chi connectivity index (χ0v) is 10.4. The molecule has 0 atom stereocenters. The second-order valence-corrected chi connectivity index (χ2v) is 4.02. The monoisotopic (exact) mass is 258 g/mol. The fourth-order valence-electron chi connectivity index (χ4n) is 1.52. The Bertz CT molecular complexity index is 604. The summed E-state index contributed by atoms with van der Waals surface area (Å²) < 4.78 is 1.58. The Labute approximate surface area is 110 Å². The summed E-state index contributed by atoms with van der Waals surface area (Å²) in [6.45, 7) is 1.99. The van der Waals surface area contributed by atoms with Crippen molar-refractivity contribution in [1.29, 1.82) is 0 Å². The fraction of sp³-hybridized carbons (Fsp3) is 0.154. The smallest absolute Gasteiger partial charge is 0.261 e. The first-order valence-corrected chi connectivity index (χ1v) is 5.74. The molecule has 0 unspecified atom stereocenters. The number of phenolic OH excluding ortho intramolecular Hbond substituents is 1. The number of amides is 1. The van der Waals surface area contributed by atoms with E-state index >= 15 is 0 Å². The van der Waals surface area contributed by atoms with E-state index in [1.807, 2.05) is 13.0 Å². The highest BCUT2D eigenvalue weighted by atomic mass is 16.3. The number of hydrogen-bond acceptors (Lipinski definition) is 4. The van der Waals surface area contributed by atoms with Gasteiger partial charge in [0, 0.05) is 11.9 Å². The Hall–Kier alpha value is -2.63. The molecule has 0 saturated carbocycles. The number of carbonyl (C=O) groups is 1. The molecule has 0 aliphatic carbocycles. The number of carbonyl (C=O) groups excluding carboxylic acids is 1. The summed E-state index contributed by atoms with van der Waals surface area (Å²) in [4.78, 5) is 11.6. The minimum atomic E-state index is -0.261. The van der Waals surface area contributed by atoms with Crippen molar-refractivity contribution in [3.8, 4) is 5.75 Å². The van der Waals surface area contributed by atoms with E-state index < -0.39 is 0 Å². The van der Waals surface area contributed by atoms with Gasteiger partial charge in [-0.05, 0) is 30.7 Å². The number of nitrogens with zero attached hydrogens (tertiary/aromatic N) is 3. The van der Waals surface area contributed by atoms with Crippen molar-refractivity contribution in [3.05, 3.63) is 47.8 Å². The van der Waals surface area contributed by atoms with E-state index in [9.17, 15) is 9.90 Å². The molecule has 0 aliphatic heterocycles. The maximum Gasteiger partial charge on any atom is 0.261 e. The number of phenols is 1. The number of aromatic hydroxyl groups is 1. The number of benzene rings is 1. The van der Waals surface area contributed by atoms with Gasteiger partial charge in [0.25, 0.3) is 5.91 Å². The molecule has 98 valence electrons. The maximum absolute atomic E-state index is 11.6.